The maximum Gasteiger partial charge on any atom is 0.416 e. The molecule has 0 radical (unpaired) electrons. The molecule has 1 unspecified atom stereocenters. The molecule has 43 heavy (non-hydrogen) atoms. The molecule has 3 aromatic carbocycles. The van der Waals surface area contributed by atoms with Crippen LogP contribution in [0.4, 0.5) is 32.0 Å². The summed E-state index contributed by atoms with van der Waals surface area (Å²) in [5.74, 6) is -1.26. The lowest BCUT2D eigenvalue weighted by atomic mass is 9.56. The van der Waals surface area contributed by atoms with E-state index in [2.05, 4.69) is 4.74 Å². The van der Waals surface area contributed by atoms with E-state index < -0.39 is 50.9 Å². The lowest BCUT2D eigenvalue weighted by Gasteiger charge is -2.59. The number of hydrogen-bond acceptors (Lipinski definition) is 5. The summed E-state index contributed by atoms with van der Waals surface area (Å²) in [5, 5.41) is 0. The first-order valence-corrected chi connectivity index (χ1v) is 14.7. The van der Waals surface area contributed by atoms with Crippen molar-refractivity contribution in [3.63, 3.8) is 0 Å². The molecule has 0 N–H and O–H groups in total. The zero-order valence-electron chi connectivity index (χ0n) is 22.2. The topological polar surface area (TPSA) is 76.2 Å². The number of likely N-dealkylation sites (tertiary alicyclic amines) is 1. The third-order valence-electron chi connectivity index (χ3n) is 8.17. The minimum Gasteiger partial charge on any atom is -0.486 e. The minimum atomic E-state index is -4.78. The van der Waals surface area contributed by atoms with Crippen molar-refractivity contribution in [3.8, 4) is 22.6 Å². The smallest absolute Gasteiger partial charge is 0.416 e. The Hall–Kier alpha value is -3.94. The Balaban J connectivity index is 1.38. The van der Waals surface area contributed by atoms with Gasteiger partial charge in [-0.2, -0.15) is 22.0 Å². The predicted octanol–water partition coefficient (Wildman–Crippen LogP) is 5.94. The largest absolute Gasteiger partial charge is 0.486 e. The fourth-order valence-electron chi connectivity index (χ4n) is 6.25. The molecule has 6 rings (SSSR count). The number of alkyl halides is 5. The fraction of sp³-hybridized carbons (Fsp3) is 0.345. The quantitative estimate of drug-likeness (QED) is 0.240. The van der Waals surface area contributed by atoms with E-state index in [4.69, 9.17) is 4.74 Å². The number of benzene rings is 3. The van der Waals surface area contributed by atoms with Crippen molar-refractivity contribution in [1.29, 1.82) is 0 Å². The van der Waals surface area contributed by atoms with Crippen molar-refractivity contribution in [2.45, 2.75) is 36.6 Å². The number of anilines is 1. The van der Waals surface area contributed by atoms with Crippen LogP contribution in [-0.2, 0) is 21.0 Å². The Morgan fingerprint density at radius 3 is 2.42 bits per heavy atom. The third-order valence-corrected chi connectivity index (χ3v) is 9.95. The Morgan fingerprint density at radius 1 is 1.00 bits per heavy atom. The van der Waals surface area contributed by atoms with Crippen molar-refractivity contribution in [1.82, 2.24) is 4.90 Å². The summed E-state index contributed by atoms with van der Waals surface area (Å²) >= 11 is 0. The normalized spacial score (nSPS) is 19.8. The molecule has 1 atom stereocenters. The monoisotopic (exact) mass is 626 g/mol. The Labute approximate surface area is 242 Å². The minimum absolute atomic E-state index is 0.00318. The van der Waals surface area contributed by atoms with Crippen molar-refractivity contribution in [3.05, 3.63) is 72.0 Å². The third kappa shape index (κ3) is 5.48. The molecule has 1 aliphatic carbocycles. The number of ether oxygens (including phenoxy) is 2. The number of fused-ring (bicyclic) bond motifs is 1. The number of hydrogen-bond donors (Lipinski definition) is 0. The van der Waals surface area contributed by atoms with Crippen LogP contribution in [0.25, 0.3) is 11.1 Å². The maximum absolute atomic E-state index is 14.3. The molecule has 3 aromatic rings. The molecule has 2 aliphatic heterocycles. The molecule has 2 fully saturated rings. The summed E-state index contributed by atoms with van der Waals surface area (Å²) in [5.41, 5.74) is -0.864. The zero-order chi connectivity index (χ0) is 30.7. The van der Waals surface area contributed by atoms with Crippen LogP contribution in [0.2, 0.25) is 0 Å². The standard InChI is InChI=1S/C29H24F6N2O5S/c30-21-6-18(7-22(10-21)41-27(31)32)17-4-5-25-24(8-17)37(43(39,40)23-3-1-2-20(9-23)29(33,34)35)13-26(42-25)19-11-28(12-19)14-36(15-28)16-38/h1-10,16,19,26-27H,11-15H2. The molecule has 0 bridgehead atoms. The van der Waals surface area contributed by atoms with Gasteiger partial charge in [0.25, 0.3) is 10.0 Å². The first-order valence-electron chi connectivity index (χ1n) is 13.2. The van der Waals surface area contributed by atoms with Crippen LogP contribution in [0.1, 0.15) is 18.4 Å². The summed E-state index contributed by atoms with van der Waals surface area (Å²) in [6, 6.07) is 10.7. The van der Waals surface area contributed by atoms with Gasteiger partial charge in [-0.25, -0.2) is 12.8 Å². The van der Waals surface area contributed by atoms with Crippen LogP contribution in [0.5, 0.6) is 11.5 Å². The van der Waals surface area contributed by atoms with Crippen molar-refractivity contribution >= 4 is 22.1 Å². The molecule has 2 heterocycles. The molecular weight excluding hydrogens is 602 g/mol. The van der Waals surface area contributed by atoms with Crippen LogP contribution < -0.4 is 13.8 Å². The van der Waals surface area contributed by atoms with Gasteiger partial charge in [0, 0.05) is 24.6 Å². The van der Waals surface area contributed by atoms with Gasteiger partial charge in [-0.05, 0) is 72.4 Å². The first kappa shape index (κ1) is 29.1. The molecule has 3 aliphatic rings. The predicted molar refractivity (Wildman–Crippen MR) is 142 cm³/mol. The molecule has 1 saturated carbocycles. The van der Waals surface area contributed by atoms with E-state index in [1.807, 2.05) is 0 Å². The average molecular weight is 627 g/mol. The summed E-state index contributed by atoms with van der Waals surface area (Å²) in [6.45, 7) is -2.23. The van der Waals surface area contributed by atoms with Crippen LogP contribution in [0.3, 0.4) is 0 Å². The molecule has 7 nitrogen and oxygen atoms in total. The molecular formula is C29H24F6N2O5S. The second-order valence-corrected chi connectivity index (χ2v) is 13.0. The van der Waals surface area contributed by atoms with Crippen molar-refractivity contribution in [2.75, 3.05) is 23.9 Å². The van der Waals surface area contributed by atoms with Crippen LogP contribution >= 0.6 is 0 Å². The summed E-state index contributed by atoms with van der Waals surface area (Å²) in [6.07, 6.45) is -3.27. The molecule has 14 heteroatoms. The molecule has 1 saturated heterocycles. The number of halogens is 6. The van der Waals surface area contributed by atoms with Crippen LogP contribution in [0.15, 0.2) is 65.6 Å². The lowest BCUT2D eigenvalue weighted by Crippen LogP contribution is -2.64. The van der Waals surface area contributed by atoms with Crippen LogP contribution in [0, 0.1) is 17.2 Å². The highest BCUT2D eigenvalue weighted by Crippen LogP contribution is 2.54. The highest BCUT2D eigenvalue weighted by molar-refractivity contribution is 7.92. The van der Waals surface area contributed by atoms with E-state index in [0.717, 1.165) is 47.1 Å². The van der Waals surface area contributed by atoms with E-state index in [0.29, 0.717) is 32.0 Å². The molecule has 1 amide bonds. The maximum atomic E-state index is 14.3. The van der Waals surface area contributed by atoms with Crippen molar-refractivity contribution in [2.24, 2.45) is 11.3 Å². The number of amides is 1. The highest BCUT2D eigenvalue weighted by atomic mass is 32.2. The summed E-state index contributed by atoms with van der Waals surface area (Å²) < 4.78 is 120. The second-order valence-electron chi connectivity index (χ2n) is 11.1. The van der Waals surface area contributed by atoms with E-state index in [9.17, 15) is 39.6 Å². The Bertz CT molecular complexity index is 1670. The van der Waals surface area contributed by atoms with Crippen molar-refractivity contribution < 1.29 is 49.0 Å². The van der Waals surface area contributed by atoms with Gasteiger partial charge in [-0.15, -0.1) is 0 Å². The molecule has 1 spiro atoms. The van der Waals surface area contributed by atoms with Gasteiger partial charge in [0.05, 0.1) is 22.7 Å². The number of carbonyl (C=O) groups is 1. The van der Waals surface area contributed by atoms with E-state index >= 15 is 0 Å². The number of rotatable bonds is 7. The first-order chi connectivity index (χ1) is 20.3. The Kier molecular flexibility index (Phi) is 7.02. The number of sulfonamides is 1. The van der Waals surface area contributed by atoms with Gasteiger partial charge in [0.1, 0.15) is 23.4 Å². The average Bonchev–Trinajstić information content (AvgIpc) is 2.90. The van der Waals surface area contributed by atoms with Crippen LogP contribution in [-0.4, -0.2) is 52.1 Å². The lowest BCUT2D eigenvalue weighted by molar-refractivity contribution is -0.147. The van der Waals surface area contributed by atoms with E-state index in [1.54, 1.807) is 4.90 Å². The van der Waals surface area contributed by atoms with Gasteiger partial charge < -0.3 is 14.4 Å². The molecule has 228 valence electrons. The van der Waals surface area contributed by atoms with E-state index in [1.165, 1.54) is 18.2 Å². The zero-order valence-corrected chi connectivity index (χ0v) is 23.0. The summed E-state index contributed by atoms with van der Waals surface area (Å²) in [4.78, 5) is 12.1. The molecule has 0 aromatic heterocycles. The number of carbonyl (C=O) groups excluding carboxylic acids is 1. The van der Waals surface area contributed by atoms with Gasteiger partial charge in [-0.3, -0.25) is 9.10 Å². The van der Waals surface area contributed by atoms with Gasteiger partial charge in [-0.1, -0.05) is 12.1 Å². The number of nitrogens with zero attached hydrogens (tertiary/aromatic N) is 2. The second kappa shape index (κ2) is 10.4. The van der Waals surface area contributed by atoms with Gasteiger partial charge >= 0.3 is 12.8 Å². The van der Waals surface area contributed by atoms with Gasteiger partial charge in [0.2, 0.25) is 6.41 Å². The summed E-state index contributed by atoms with van der Waals surface area (Å²) in [7, 11) is -4.57. The highest BCUT2D eigenvalue weighted by Gasteiger charge is 2.55. The fourth-order valence-corrected chi connectivity index (χ4v) is 7.78. The Morgan fingerprint density at radius 2 is 1.74 bits per heavy atom. The SMILES string of the molecule is O=CN1CC2(CC(C3CN(S(=O)(=O)c4cccc(C(F)(F)F)c4)c4cc(-c5cc(F)cc(OC(F)F)c5)ccc4O3)C2)C1. The van der Waals surface area contributed by atoms with E-state index in [-0.39, 0.29) is 40.4 Å². The van der Waals surface area contributed by atoms with Gasteiger partial charge in [0.15, 0.2) is 0 Å².